The highest BCUT2D eigenvalue weighted by Crippen LogP contribution is 2.22. The summed E-state index contributed by atoms with van der Waals surface area (Å²) in [7, 11) is 0. The highest BCUT2D eigenvalue weighted by molar-refractivity contribution is 5.60. The normalized spacial score (nSPS) is 10.5. The van der Waals surface area contributed by atoms with Gasteiger partial charge in [0.15, 0.2) is 5.82 Å². The van der Waals surface area contributed by atoms with Crippen LogP contribution in [-0.4, -0.2) is 9.97 Å². The van der Waals surface area contributed by atoms with Crippen LogP contribution in [0.15, 0.2) is 18.2 Å². The number of hydrogen-bond donors (Lipinski definition) is 2. The first kappa shape index (κ1) is 12.4. The smallest absolute Gasteiger partial charge is 0.161 e. The molecule has 4 nitrogen and oxygen atoms in total. The van der Waals surface area contributed by atoms with Crippen LogP contribution in [0.5, 0.6) is 0 Å². The number of anilines is 1. The van der Waals surface area contributed by atoms with Crippen molar-refractivity contribution in [3.63, 3.8) is 0 Å². The molecule has 2 aromatic rings. The van der Waals surface area contributed by atoms with Crippen molar-refractivity contribution in [1.82, 2.24) is 9.97 Å². The van der Waals surface area contributed by atoms with Crippen LogP contribution < -0.4 is 11.3 Å². The second-order valence-corrected chi connectivity index (χ2v) is 4.21. The molecule has 2 rings (SSSR count). The first-order valence-electron chi connectivity index (χ1n) is 5.61. The Balaban J connectivity index is 2.57. The molecule has 0 saturated heterocycles. The summed E-state index contributed by atoms with van der Waals surface area (Å²) >= 11 is 0. The van der Waals surface area contributed by atoms with Crippen LogP contribution in [0.4, 0.5) is 10.2 Å². The van der Waals surface area contributed by atoms with Gasteiger partial charge in [-0.2, -0.15) is 0 Å². The standard InChI is InChI=1S/C13H15FN4/c1-7-6-10(4-5-11(7)14)13-16-9(3)8(2)12(17-13)18-15/h4-6H,15H2,1-3H3,(H,16,17,18). The predicted octanol–water partition coefficient (Wildman–Crippen LogP) is 2.49. The maximum Gasteiger partial charge on any atom is 0.161 e. The molecule has 0 atom stereocenters. The molecule has 0 saturated carbocycles. The molecular weight excluding hydrogens is 231 g/mol. The number of aryl methyl sites for hydroxylation is 2. The van der Waals surface area contributed by atoms with Gasteiger partial charge in [-0.05, 0) is 44.5 Å². The van der Waals surface area contributed by atoms with Gasteiger partial charge in [-0.25, -0.2) is 20.2 Å². The third kappa shape index (κ3) is 2.17. The Bertz CT molecular complexity index is 596. The molecule has 3 N–H and O–H groups in total. The summed E-state index contributed by atoms with van der Waals surface area (Å²) < 4.78 is 13.2. The van der Waals surface area contributed by atoms with E-state index >= 15 is 0 Å². The Labute approximate surface area is 105 Å². The molecule has 94 valence electrons. The van der Waals surface area contributed by atoms with Crippen molar-refractivity contribution < 1.29 is 4.39 Å². The van der Waals surface area contributed by atoms with E-state index in [4.69, 9.17) is 5.84 Å². The number of nitrogen functional groups attached to an aromatic ring is 1. The first-order valence-corrected chi connectivity index (χ1v) is 5.61. The minimum Gasteiger partial charge on any atom is -0.308 e. The number of nitrogens with one attached hydrogen (secondary N) is 1. The monoisotopic (exact) mass is 246 g/mol. The van der Waals surface area contributed by atoms with E-state index in [0.717, 1.165) is 16.8 Å². The maximum atomic E-state index is 13.2. The molecule has 0 aliphatic heterocycles. The second kappa shape index (κ2) is 4.70. The topological polar surface area (TPSA) is 63.8 Å². The Morgan fingerprint density at radius 2 is 1.89 bits per heavy atom. The van der Waals surface area contributed by atoms with Gasteiger partial charge in [0, 0.05) is 16.8 Å². The number of rotatable bonds is 2. The Morgan fingerprint density at radius 1 is 1.17 bits per heavy atom. The minimum absolute atomic E-state index is 0.236. The fourth-order valence-electron chi connectivity index (χ4n) is 1.68. The number of hydrazine groups is 1. The van der Waals surface area contributed by atoms with Crippen LogP contribution in [0.2, 0.25) is 0 Å². The summed E-state index contributed by atoms with van der Waals surface area (Å²) in [5.74, 6) is 6.30. The quantitative estimate of drug-likeness (QED) is 0.631. The third-order valence-electron chi connectivity index (χ3n) is 2.94. The molecule has 1 aromatic carbocycles. The zero-order valence-corrected chi connectivity index (χ0v) is 10.6. The predicted molar refractivity (Wildman–Crippen MR) is 69.4 cm³/mol. The van der Waals surface area contributed by atoms with Gasteiger partial charge in [0.05, 0.1) is 0 Å². The lowest BCUT2D eigenvalue weighted by Gasteiger charge is -2.10. The number of nitrogens with two attached hydrogens (primary N) is 1. The van der Waals surface area contributed by atoms with Gasteiger partial charge < -0.3 is 5.43 Å². The fraction of sp³-hybridized carbons (Fsp3) is 0.231. The lowest BCUT2D eigenvalue weighted by Crippen LogP contribution is -2.12. The summed E-state index contributed by atoms with van der Waals surface area (Å²) in [6, 6.07) is 4.80. The van der Waals surface area contributed by atoms with Crippen molar-refractivity contribution in [2.75, 3.05) is 5.43 Å². The molecular formula is C13H15FN4. The van der Waals surface area contributed by atoms with Crippen molar-refractivity contribution >= 4 is 5.82 Å². The van der Waals surface area contributed by atoms with Crippen LogP contribution in [0.3, 0.4) is 0 Å². The molecule has 0 fully saturated rings. The highest BCUT2D eigenvalue weighted by atomic mass is 19.1. The first-order chi connectivity index (χ1) is 8.52. The van der Waals surface area contributed by atoms with E-state index in [0.29, 0.717) is 17.2 Å². The SMILES string of the molecule is Cc1cc(-c2nc(C)c(C)c(NN)n2)ccc1F. The van der Waals surface area contributed by atoms with Gasteiger partial charge in [-0.3, -0.25) is 0 Å². The molecule has 0 radical (unpaired) electrons. The number of aromatic nitrogens is 2. The summed E-state index contributed by atoms with van der Waals surface area (Å²) in [6.45, 7) is 5.49. The minimum atomic E-state index is -0.236. The number of benzene rings is 1. The molecule has 1 aromatic heterocycles. The zero-order valence-electron chi connectivity index (χ0n) is 10.6. The van der Waals surface area contributed by atoms with Crippen LogP contribution >= 0.6 is 0 Å². The summed E-state index contributed by atoms with van der Waals surface area (Å²) in [5, 5.41) is 0. The third-order valence-corrected chi connectivity index (χ3v) is 2.94. The van der Waals surface area contributed by atoms with Crippen molar-refractivity contribution in [2.45, 2.75) is 20.8 Å². The molecule has 0 unspecified atom stereocenters. The van der Waals surface area contributed by atoms with E-state index in [1.165, 1.54) is 6.07 Å². The average Bonchev–Trinajstić information content (AvgIpc) is 2.36. The molecule has 0 bridgehead atoms. The van der Waals surface area contributed by atoms with E-state index in [9.17, 15) is 4.39 Å². The van der Waals surface area contributed by atoms with E-state index in [-0.39, 0.29) is 5.82 Å². The van der Waals surface area contributed by atoms with E-state index in [1.807, 2.05) is 13.8 Å². The van der Waals surface area contributed by atoms with Gasteiger partial charge in [0.2, 0.25) is 0 Å². The van der Waals surface area contributed by atoms with Crippen molar-refractivity contribution in [3.8, 4) is 11.4 Å². The maximum absolute atomic E-state index is 13.2. The lowest BCUT2D eigenvalue weighted by atomic mass is 10.1. The van der Waals surface area contributed by atoms with Gasteiger partial charge >= 0.3 is 0 Å². The highest BCUT2D eigenvalue weighted by Gasteiger charge is 2.09. The van der Waals surface area contributed by atoms with E-state index in [2.05, 4.69) is 15.4 Å². The lowest BCUT2D eigenvalue weighted by molar-refractivity contribution is 0.618. The van der Waals surface area contributed by atoms with Crippen LogP contribution in [0, 0.1) is 26.6 Å². The Morgan fingerprint density at radius 3 is 2.50 bits per heavy atom. The molecule has 0 aliphatic rings. The fourth-order valence-corrected chi connectivity index (χ4v) is 1.68. The van der Waals surface area contributed by atoms with Gasteiger partial charge in [0.25, 0.3) is 0 Å². The molecule has 0 spiro atoms. The molecule has 1 heterocycles. The van der Waals surface area contributed by atoms with Crippen molar-refractivity contribution in [2.24, 2.45) is 5.84 Å². The van der Waals surface area contributed by atoms with Gasteiger partial charge in [-0.1, -0.05) is 0 Å². The summed E-state index contributed by atoms with van der Waals surface area (Å²) in [5.41, 5.74) is 5.63. The molecule has 0 amide bonds. The average molecular weight is 246 g/mol. The molecule has 0 aliphatic carbocycles. The number of halogens is 1. The zero-order chi connectivity index (χ0) is 13.3. The van der Waals surface area contributed by atoms with Crippen molar-refractivity contribution in [3.05, 3.63) is 40.8 Å². The van der Waals surface area contributed by atoms with Gasteiger partial charge in [0.1, 0.15) is 11.6 Å². The molecule has 18 heavy (non-hydrogen) atoms. The van der Waals surface area contributed by atoms with E-state index in [1.54, 1.807) is 19.1 Å². The van der Waals surface area contributed by atoms with E-state index < -0.39 is 0 Å². The van der Waals surface area contributed by atoms with Gasteiger partial charge in [-0.15, -0.1) is 0 Å². The Kier molecular flexibility index (Phi) is 3.25. The summed E-state index contributed by atoms with van der Waals surface area (Å²) in [4.78, 5) is 8.72. The number of hydrogen-bond acceptors (Lipinski definition) is 4. The van der Waals surface area contributed by atoms with Crippen LogP contribution in [0.25, 0.3) is 11.4 Å². The second-order valence-electron chi connectivity index (χ2n) is 4.21. The summed E-state index contributed by atoms with van der Waals surface area (Å²) in [6.07, 6.45) is 0. The number of nitrogens with zero attached hydrogens (tertiary/aromatic N) is 2. The van der Waals surface area contributed by atoms with Crippen LogP contribution in [0.1, 0.15) is 16.8 Å². The molecule has 5 heteroatoms. The van der Waals surface area contributed by atoms with Crippen molar-refractivity contribution in [1.29, 1.82) is 0 Å². The largest absolute Gasteiger partial charge is 0.308 e. The Hall–Kier alpha value is -2.01. The van der Waals surface area contributed by atoms with Crippen LogP contribution in [-0.2, 0) is 0 Å².